The van der Waals surface area contributed by atoms with E-state index in [0.29, 0.717) is 41.6 Å². The van der Waals surface area contributed by atoms with Gasteiger partial charge in [0.05, 0.1) is 29.8 Å². The second-order valence-corrected chi connectivity index (χ2v) is 6.22. The molecule has 0 fully saturated rings. The van der Waals surface area contributed by atoms with Crippen molar-refractivity contribution in [3.63, 3.8) is 0 Å². The number of rotatable bonds is 6. The van der Waals surface area contributed by atoms with Gasteiger partial charge in [-0.1, -0.05) is 43.0 Å². The first kappa shape index (κ1) is 20.1. The summed E-state index contributed by atoms with van der Waals surface area (Å²) in [5.41, 5.74) is 0.205. The monoisotopic (exact) mass is 328 g/mol. The summed E-state index contributed by atoms with van der Waals surface area (Å²) < 4.78 is 10.4. The van der Waals surface area contributed by atoms with Gasteiger partial charge in [0.2, 0.25) is 0 Å². The molecule has 20 heavy (non-hydrogen) atoms. The quantitative estimate of drug-likeness (QED) is 0.589. The molecule has 0 N–H and O–H groups in total. The molecule has 0 aliphatic heterocycles. The van der Waals surface area contributed by atoms with Gasteiger partial charge in [0.25, 0.3) is 0 Å². The zero-order valence-electron chi connectivity index (χ0n) is 12.3. The van der Waals surface area contributed by atoms with E-state index in [1.807, 2.05) is 0 Å². The van der Waals surface area contributed by atoms with Gasteiger partial charge in [0.15, 0.2) is 0 Å². The molecule has 106 valence electrons. The number of hydrogen-bond acceptors (Lipinski definition) is 3. The summed E-state index contributed by atoms with van der Waals surface area (Å²) in [5.74, 6) is 1.05. The van der Waals surface area contributed by atoms with E-state index in [9.17, 15) is 4.79 Å². The van der Waals surface area contributed by atoms with Crippen LogP contribution in [0.15, 0.2) is 6.07 Å². The Bertz CT molecular complexity index is 453. The van der Waals surface area contributed by atoms with Crippen LogP contribution < -0.4 is 28.3 Å². The second kappa shape index (κ2) is 9.18. The molecular weight excluding hydrogens is 313 g/mol. The molecule has 0 aliphatic carbocycles. The summed E-state index contributed by atoms with van der Waals surface area (Å²) in [6.45, 7) is 4.11. The number of methoxy groups -OCH3 is 2. The summed E-state index contributed by atoms with van der Waals surface area (Å²) >= 11 is 12.1. The number of hydrogen-bond donors (Lipinski definition) is 0. The minimum absolute atomic E-state index is 0. The molecule has 1 aromatic carbocycles. The molecule has 1 aromatic rings. The minimum Gasteiger partial charge on any atom is -0.494 e. The SMILES string of the molecule is COc1c(Cl)cc(Cl)c(OC)c1C(=O)[P-]CC(C)C.[Li+]. The summed E-state index contributed by atoms with van der Waals surface area (Å²) in [5, 5.41) is 0.604. The molecule has 0 aromatic heterocycles. The third kappa shape index (κ3) is 4.83. The summed E-state index contributed by atoms with van der Waals surface area (Å²) in [4.78, 5) is 12.3. The van der Waals surface area contributed by atoms with Crippen LogP contribution >= 0.6 is 31.8 Å². The summed E-state index contributed by atoms with van der Waals surface area (Å²) in [6.07, 6.45) is 0.759. The Labute approximate surface area is 143 Å². The van der Waals surface area contributed by atoms with Gasteiger partial charge in [-0.25, -0.2) is 0 Å². The largest absolute Gasteiger partial charge is 1.00 e. The Morgan fingerprint density at radius 2 is 1.65 bits per heavy atom. The number of carbonyl (C=O) groups is 1. The number of halogens is 2. The maximum Gasteiger partial charge on any atom is 1.00 e. The molecule has 0 bridgehead atoms. The van der Waals surface area contributed by atoms with Crippen molar-refractivity contribution in [2.75, 3.05) is 20.4 Å². The van der Waals surface area contributed by atoms with E-state index in [0.717, 1.165) is 6.16 Å². The number of carbonyl (C=O) groups excluding carboxylic acids is 1. The van der Waals surface area contributed by atoms with E-state index in [1.54, 1.807) is 0 Å². The molecule has 1 rings (SSSR count). The zero-order chi connectivity index (χ0) is 14.6. The van der Waals surface area contributed by atoms with E-state index in [4.69, 9.17) is 32.7 Å². The van der Waals surface area contributed by atoms with Crippen LogP contribution in [0.25, 0.3) is 0 Å². The van der Waals surface area contributed by atoms with Crippen LogP contribution in [0, 0.1) is 5.92 Å². The average Bonchev–Trinajstić information content (AvgIpc) is 2.35. The van der Waals surface area contributed by atoms with Gasteiger partial charge in [0.1, 0.15) is 11.5 Å². The van der Waals surface area contributed by atoms with E-state index in [-0.39, 0.29) is 24.4 Å². The van der Waals surface area contributed by atoms with Gasteiger partial charge in [0, 0.05) is 5.52 Å². The van der Waals surface area contributed by atoms with Crippen molar-refractivity contribution in [3.05, 3.63) is 21.7 Å². The van der Waals surface area contributed by atoms with Crippen LogP contribution in [0.1, 0.15) is 24.2 Å². The fraction of sp³-hybridized carbons (Fsp3) is 0.462. The smallest absolute Gasteiger partial charge is 0.494 e. The first-order valence-corrected chi connectivity index (χ1v) is 7.57. The number of benzene rings is 1. The molecule has 0 heterocycles. The molecule has 0 saturated heterocycles. The topological polar surface area (TPSA) is 35.5 Å². The van der Waals surface area contributed by atoms with Crippen LogP contribution in [0.3, 0.4) is 0 Å². The fourth-order valence-electron chi connectivity index (χ4n) is 1.52. The van der Waals surface area contributed by atoms with Gasteiger partial charge < -0.3 is 22.8 Å². The van der Waals surface area contributed by atoms with E-state index in [2.05, 4.69) is 13.8 Å². The molecule has 0 radical (unpaired) electrons. The molecule has 0 aliphatic rings. The van der Waals surface area contributed by atoms with Gasteiger partial charge in [-0.2, -0.15) is 6.16 Å². The zero-order valence-corrected chi connectivity index (χ0v) is 14.7. The molecule has 0 atom stereocenters. The maximum absolute atomic E-state index is 12.3. The molecule has 7 heteroatoms. The van der Waals surface area contributed by atoms with E-state index < -0.39 is 0 Å². The normalized spacial score (nSPS) is 10.8. The third-order valence-electron chi connectivity index (χ3n) is 2.36. The predicted molar refractivity (Wildman–Crippen MR) is 80.5 cm³/mol. The van der Waals surface area contributed by atoms with E-state index >= 15 is 0 Å². The number of ether oxygens (including phenoxy) is 2. The van der Waals surface area contributed by atoms with Crippen LogP contribution in [0.4, 0.5) is 0 Å². The predicted octanol–water partition coefficient (Wildman–Crippen LogP) is 1.76. The molecular formula is C13H16Cl2LiO3P. The van der Waals surface area contributed by atoms with E-state index in [1.165, 1.54) is 20.3 Å². The molecule has 0 unspecified atom stereocenters. The van der Waals surface area contributed by atoms with Crippen LogP contribution in [0.5, 0.6) is 11.5 Å². The Kier molecular flexibility index (Phi) is 9.23. The second-order valence-electron chi connectivity index (χ2n) is 4.32. The average molecular weight is 329 g/mol. The fourth-order valence-corrected chi connectivity index (χ4v) is 3.03. The van der Waals surface area contributed by atoms with Crippen molar-refractivity contribution >= 4 is 37.3 Å². The van der Waals surface area contributed by atoms with Gasteiger partial charge in [-0.3, -0.25) is 0 Å². The Hall–Kier alpha value is 0.0974. The minimum atomic E-state index is -0.105. The van der Waals surface area contributed by atoms with Crippen molar-refractivity contribution in [1.82, 2.24) is 0 Å². The van der Waals surface area contributed by atoms with Crippen molar-refractivity contribution in [3.8, 4) is 11.5 Å². The van der Waals surface area contributed by atoms with Crippen LogP contribution in [0.2, 0.25) is 10.0 Å². The van der Waals surface area contributed by atoms with Gasteiger partial charge >= 0.3 is 18.9 Å². The third-order valence-corrected chi connectivity index (χ3v) is 4.35. The van der Waals surface area contributed by atoms with Crippen molar-refractivity contribution in [1.29, 1.82) is 0 Å². The molecule has 0 saturated carbocycles. The van der Waals surface area contributed by atoms with Crippen molar-refractivity contribution < 1.29 is 33.1 Å². The molecule has 0 amide bonds. The van der Waals surface area contributed by atoms with Gasteiger partial charge in [-0.15, -0.1) is 0 Å². The van der Waals surface area contributed by atoms with Gasteiger partial charge in [-0.05, 0) is 6.07 Å². The van der Waals surface area contributed by atoms with Crippen LogP contribution in [-0.4, -0.2) is 25.9 Å². The first-order valence-electron chi connectivity index (χ1n) is 5.74. The van der Waals surface area contributed by atoms with Crippen LogP contribution in [-0.2, 0) is 0 Å². The van der Waals surface area contributed by atoms with Crippen molar-refractivity contribution in [2.24, 2.45) is 5.92 Å². The summed E-state index contributed by atoms with van der Waals surface area (Å²) in [7, 11) is 3.59. The molecule has 0 spiro atoms. The first-order chi connectivity index (χ1) is 8.92. The summed E-state index contributed by atoms with van der Waals surface area (Å²) in [6, 6.07) is 1.51. The Morgan fingerprint density at radius 3 is 2.00 bits per heavy atom. The maximum atomic E-state index is 12.3. The Morgan fingerprint density at radius 1 is 1.20 bits per heavy atom. The molecule has 3 nitrogen and oxygen atoms in total. The van der Waals surface area contributed by atoms with Crippen molar-refractivity contribution in [2.45, 2.75) is 13.8 Å². The Balaban J connectivity index is 0.00000361. The standard InChI is InChI=1S/C13H16Cl2O3P.Li/c1-7(2)6-19-13(16)10-11(17-3)8(14)5-9(15)12(10)18-4;/h5,7H,6H2,1-4H3;/q-1;+1.